The second kappa shape index (κ2) is 6.93. The zero-order chi connectivity index (χ0) is 12.8. The molecule has 100 valence electrons. The maximum Gasteiger partial charge on any atom is 0.224 e. The molecule has 1 fully saturated rings. The topological polar surface area (TPSA) is 64.8 Å². The smallest absolute Gasteiger partial charge is 0.224 e. The van der Waals surface area contributed by atoms with E-state index >= 15 is 0 Å². The summed E-state index contributed by atoms with van der Waals surface area (Å²) in [7, 11) is 3.29. The Labute approximate surface area is 103 Å². The van der Waals surface area contributed by atoms with Gasteiger partial charge in [0.25, 0.3) is 0 Å². The Morgan fingerprint density at radius 2 is 1.88 bits per heavy atom. The van der Waals surface area contributed by atoms with E-state index in [1.807, 2.05) is 0 Å². The van der Waals surface area contributed by atoms with Crippen LogP contribution in [-0.2, 0) is 14.3 Å². The summed E-state index contributed by atoms with van der Waals surface area (Å²) in [5.41, 5.74) is 5.88. The lowest BCUT2D eigenvalue weighted by Gasteiger charge is -2.18. The summed E-state index contributed by atoms with van der Waals surface area (Å²) < 4.78 is 10.6. The van der Waals surface area contributed by atoms with Gasteiger partial charge in [0.15, 0.2) is 0 Å². The van der Waals surface area contributed by atoms with Crippen molar-refractivity contribution in [1.82, 2.24) is 4.90 Å². The first kappa shape index (κ1) is 14.4. The molecule has 5 nitrogen and oxygen atoms in total. The van der Waals surface area contributed by atoms with E-state index in [-0.39, 0.29) is 24.2 Å². The molecule has 1 aliphatic rings. The second-order valence-corrected chi connectivity index (χ2v) is 4.60. The van der Waals surface area contributed by atoms with Gasteiger partial charge in [0.05, 0.1) is 0 Å². The molecule has 0 saturated carbocycles. The van der Waals surface area contributed by atoms with Gasteiger partial charge in [-0.2, -0.15) is 0 Å². The van der Waals surface area contributed by atoms with E-state index < -0.39 is 0 Å². The zero-order valence-corrected chi connectivity index (χ0v) is 11.0. The Hall–Kier alpha value is -0.650. The molecule has 2 N–H and O–H groups in total. The Balaban J connectivity index is 2.43. The predicted molar refractivity (Wildman–Crippen MR) is 65.7 cm³/mol. The average Bonchev–Trinajstić information content (AvgIpc) is 2.72. The Kier molecular flexibility index (Phi) is 5.88. The van der Waals surface area contributed by atoms with Gasteiger partial charge >= 0.3 is 0 Å². The van der Waals surface area contributed by atoms with Crippen LogP contribution in [0, 0.1) is 0 Å². The molecular formula is C12H24N2O3. The van der Waals surface area contributed by atoms with E-state index in [0.29, 0.717) is 19.5 Å². The van der Waals surface area contributed by atoms with Gasteiger partial charge in [-0.3, -0.25) is 4.79 Å². The van der Waals surface area contributed by atoms with Crippen LogP contribution in [0.3, 0.4) is 0 Å². The van der Waals surface area contributed by atoms with Crippen LogP contribution >= 0.6 is 0 Å². The number of hydrogen-bond acceptors (Lipinski definition) is 4. The van der Waals surface area contributed by atoms with Crippen molar-refractivity contribution in [2.24, 2.45) is 5.73 Å². The lowest BCUT2D eigenvalue weighted by Crippen LogP contribution is -2.35. The van der Waals surface area contributed by atoms with Crippen LogP contribution in [0.2, 0.25) is 0 Å². The van der Waals surface area contributed by atoms with E-state index in [1.165, 1.54) is 0 Å². The molecule has 1 amide bonds. The lowest BCUT2D eigenvalue weighted by atomic mass is 10.1. The number of carbonyl (C=O) groups is 1. The Morgan fingerprint density at radius 1 is 1.35 bits per heavy atom. The highest BCUT2D eigenvalue weighted by Crippen LogP contribution is 2.17. The number of hydrogen-bond donors (Lipinski definition) is 1. The van der Waals surface area contributed by atoms with Crippen molar-refractivity contribution in [3.63, 3.8) is 0 Å². The van der Waals surface area contributed by atoms with Gasteiger partial charge in [-0.25, -0.2) is 0 Å². The first-order chi connectivity index (χ1) is 8.12. The summed E-state index contributed by atoms with van der Waals surface area (Å²) in [5, 5.41) is 0. The molecule has 5 heteroatoms. The minimum absolute atomic E-state index is 0.0219. The number of carbonyl (C=O) groups excluding carboxylic acids is 1. The SMILES string of the molecule is CCCC(N)CC(=O)N1CC(OC)C(OC)C1. The van der Waals surface area contributed by atoms with Gasteiger partial charge in [0, 0.05) is 39.8 Å². The van der Waals surface area contributed by atoms with E-state index in [1.54, 1.807) is 19.1 Å². The number of nitrogens with zero attached hydrogens (tertiary/aromatic N) is 1. The molecular weight excluding hydrogens is 220 g/mol. The second-order valence-electron chi connectivity index (χ2n) is 4.60. The third kappa shape index (κ3) is 3.94. The van der Waals surface area contributed by atoms with Gasteiger partial charge in [0.1, 0.15) is 12.2 Å². The van der Waals surface area contributed by atoms with E-state index in [0.717, 1.165) is 12.8 Å². The molecule has 3 atom stereocenters. The lowest BCUT2D eigenvalue weighted by molar-refractivity contribution is -0.131. The third-order valence-electron chi connectivity index (χ3n) is 3.27. The number of amides is 1. The minimum Gasteiger partial charge on any atom is -0.377 e. The van der Waals surface area contributed by atoms with Crippen LogP contribution in [-0.4, -0.2) is 56.4 Å². The van der Waals surface area contributed by atoms with Crippen molar-refractivity contribution >= 4 is 5.91 Å². The highest BCUT2D eigenvalue weighted by atomic mass is 16.5. The van der Waals surface area contributed by atoms with E-state index in [2.05, 4.69) is 6.92 Å². The Bertz CT molecular complexity index is 236. The number of methoxy groups -OCH3 is 2. The normalized spacial score (nSPS) is 26.2. The van der Waals surface area contributed by atoms with Crippen molar-refractivity contribution < 1.29 is 14.3 Å². The molecule has 0 aliphatic carbocycles. The molecule has 0 aromatic rings. The van der Waals surface area contributed by atoms with Gasteiger partial charge < -0.3 is 20.1 Å². The largest absolute Gasteiger partial charge is 0.377 e. The van der Waals surface area contributed by atoms with Gasteiger partial charge in [-0.1, -0.05) is 13.3 Å². The van der Waals surface area contributed by atoms with Crippen LogP contribution in [0.25, 0.3) is 0 Å². The summed E-state index contributed by atoms with van der Waals surface area (Å²) in [5.74, 6) is 0.104. The number of ether oxygens (including phenoxy) is 2. The fourth-order valence-corrected chi connectivity index (χ4v) is 2.23. The van der Waals surface area contributed by atoms with Crippen LogP contribution in [0.15, 0.2) is 0 Å². The molecule has 0 spiro atoms. The molecule has 0 radical (unpaired) electrons. The average molecular weight is 244 g/mol. The molecule has 0 aromatic heterocycles. The van der Waals surface area contributed by atoms with Gasteiger partial charge in [-0.15, -0.1) is 0 Å². The Morgan fingerprint density at radius 3 is 2.29 bits per heavy atom. The van der Waals surface area contributed by atoms with Gasteiger partial charge in [-0.05, 0) is 6.42 Å². The maximum absolute atomic E-state index is 12.0. The summed E-state index contributed by atoms with van der Waals surface area (Å²) in [6.45, 7) is 3.28. The molecule has 1 saturated heterocycles. The standard InChI is InChI=1S/C12H24N2O3/c1-4-5-9(13)6-12(15)14-7-10(16-2)11(8-14)17-3/h9-11H,4-8,13H2,1-3H3. The van der Waals surface area contributed by atoms with Crippen molar-refractivity contribution in [1.29, 1.82) is 0 Å². The highest BCUT2D eigenvalue weighted by Gasteiger charge is 2.35. The molecule has 0 aromatic carbocycles. The van der Waals surface area contributed by atoms with Crippen LogP contribution in [0.5, 0.6) is 0 Å². The predicted octanol–water partition coefficient (Wildman–Crippen LogP) is 0.376. The first-order valence-electron chi connectivity index (χ1n) is 6.21. The maximum atomic E-state index is 12.0. The summed E-state index contributed by atoms with van der Waals surface area (Å²) in [6.07, 6.45) is 2.27. The fourth-order valence-electron chi connectivity index (χ4n) is 2.23. The number of rotatable bonds is 6. The van der Waals surface area contributed by atoms with Crippen molar-refractivity contribution in [3.8, 4) is 0 Å². The highest BCUT2D eigenvalue weighted by molar-refractivity contribution is 5.77. The molecule has 1 rings (SSSR count). The summed E-state index contributed by atoms with van der Waals surface area (Å²) >= 11 is 0. The zero-order valence-electron chi connectivity index (χ0n) is 11.0. The quantitative estimate of drug-likeness (QED) is 0.733. The van der Waals surface area contributed by atoms with Crippen molar-refractivity contribution in [2.45, 2.75) is 44.4 Å². The van der Waals surface area contributed by atoms with Crippen molar-refractivity contribution in [2.75, 3.05) is 27.3 Å². The molecule has 1 heterocycles. The molecule has 17 heavy (non-hydrogen) atoms. The minimum atomic E-state index is -0.0323. The van der Waals surface area contributed by atoms with Crippen molar-refractivity contribution in [3.05, 3.63) is 0 Å². The molecule has 0 bridgehead atoms. The van der Waals surface area contributed by atoms with Crippen LogP contribution < -0.4 is 5.73 Å². The van der Waals surface area contributed by atoms with Crippen LogP contribution in [0.1, 0.15) is 26.2 Å². The third-order valence-corrected chi connectivity index (χ3v) is 3.27. The fraction of sp³-hybridized carbons (Fsp3) is 0.917. The summed E-state index contributed by atoms with van der Waals surface area (Å²) in [6, 6.07) is -0.0323. The van der Waals surface area contributed by atoms with E-state index in [9.17, 15) is 4.79 Å². The number of likely N-dealkylation sites (tertiary alicyclic amines) is 1. The molecule has 3 unspecified atom stereocenters. The summed E-state index contributed by atoms with van der Waals surface area (Å²) in [4.78, 5) is 13.8. The first-order valence-corrected chi connectivity index (χ1v) is 6.21. The van der Waals surface area contributed by atoms with Crippen LogP contribution in [0.4, 0.5) is 0 Å². The monoisotopic (exact) mass is 244 g/mol. The van der Waals surface area contributed by atoms with Gasteiger partial charge in [0.2, 0.25) is 5.91 Å². The molecule has 1 aliphatic heterocycles. The van der Waals surface area contributed by atoms with E-state index in [4.69, 9.17) is 15.2 Å². The number of nitrogens with two attached hydrogens (primary N) is 1.